The zero-order valence-corrected chi connectivity index (χ0v) is 14.0. The summed E-state index contributed by atoms with van der Waals surface area (Å²) in [5.74, 6) is 0.194. The van der Waals surface area contributed by atoms with Crippen LogP contribution in [0.15, 0.2) is 18.6 Å². The minimum Gasteiger partial charge on any atom is -0.334 e. The maximum absolute atomic E-state index is 12.7. The van der Waals surface area contributed by atoms with Crippen molar-refractivity contribution < 1.29 is 4.79 Å². The first-order valence-electron chi connectivity index (χ1n) is 8.11. The Morgan fingerprint density at radius 2 is 2.17 bits per heavy atom. The van der Waals surface area contributed by atoms with E-state index in [4.69, 9.17) is 0 Å². The molecule has 0 bridgehead atoms. The van der Waals surface area contributed by atoms with Gasteiger partial charge in [0.25, 0.3) is 0 Å². The van der Waals surface area contributed by atoms with E-state index >= 15 is 0 Å². The SMILES string of the molecule is Cc1cncc(C2CCCN2C(=O)CCc2cn(C)nc2C)n1. The van der Waals surface area contributed by atoms with Crippen LogP contribution in [0.25, 0.3) is 0 Å². The zero-order valence-electron chi connectivity index (χ0n) is 14.0. The topological polar surface area (TPSA) is 63.9 Å². The predicted molar refractivity (Wildman–Crippen MR) is 86.7 cm³/mol. The number of aromatic nitrogens is 4. The fourth-order valence-corrected chi connectivity index (χ4v) is 3.30. The summed E-state index contributed by atoms with van der Waals surface area (Å²) in [5.41, 5.74) is 3.95. The normalized spacial score (nSPS) is 17.7. The molecule has 1 aliphatic heterocycles. The maximum atomic E-state index is 12.7. The Labute approximate surface area is 136 Å². The third-order valence-corrected chi connectivity index (χ3v) is 4.41. The number of nitrogens with zero attached hydrogens (tertiary/aromatic N) is 5. The molecule has 0 N–H and O–H groups in total. The van der Waals surface area contributed by atoms with Gasteiger partial charge in [-0.1, -0.05) is 0 Å². The lowest BCUT2D eigenvalue weighted by Gasteiger charge is -2.24. The first kappa shape index (κ1) is 15.6. The molecule has 0 radical (unpaired) electrons. The first-order valence-corrected chi connectivity index (χ1v) is 8.11. The highest BCUT2D eigenvalue weighted by molar-refractivity contribution is 5.77. The molecular weight excluding hydrogens is 290 g/mol. The Hall–Kier alpha value is -2.24. The van der Waals surface area contributed by atoms with Crippen LogP contribution in [-0.2, 0) is 18.3 Å². The van der Waals surface area contributed by atoms with E-state index in [0.717, 1.165) is 48.5 Å². The number of carbonyl (C=O) groups is 1. The minimum absolute atomic E-state index is 0.0740. The van der Waals surface area contributed by atoms with Gasteiger partial charge in [0, 0.05) is 32.4 Å². The molecule has 3 rings (SSSR count). The second-order valence-corrected chi connectivity index (χ2v) is 6.24. The van der Waals surface area contributed by atoms with E-state index in [-0.39, 0.29) is 11.9 Å². The largest absolute Gasteiger partial charge is 0.334 e. The standard InChI is InChI=1S/C17H23N5O/c1-12-9-18-10-15(19-12)16-5-4-8-22(16)17(23)7-6-14-11-21(3)20-13(14)2/h9-11,16H,4-8H2,1-3H3. The minimum atomic E-state index is 0.0740. The second-order valence-electron chi connectivity index (χ2n) is 6.24. The third-order valence-electron chi connectivity index (χ3n) is 4.41. The summed E-state index contributed by atoms with van der Waals surface area (Å²) in [7, 11) is 1.91. The summed E-state index contributed by atoms with van der Waals surface area (Å²) in [5, 5.41) is 4.33. The van der Waals surface area contributed by atoms with Gasteiger partial charge in [-0.25, -0.2) is 0 Å². The maximum Gasteiger partial charge on any atom is 0.223 e. The summed E-state index contributed by atoms with van der Waals surface area (Å²) in [6.07, 6.45) is 8.78. The van der Waals surface area contributed by atoms with Gasteiger partial charge in [-0.3, -0.25) is 19.4 Å². The fraction of sp³-hybridized carbons (Fsp3) is 0.529. The van der Waals surface area contributed by atoms with Gasteiger partial charge in [0.15, 0.2) is 0 Å². The van der Waals surface area contributed by atoms with Crippen LogP contribution < -0.4 is 0 Å². The van der Waals surface area contributed by atoms with Crippen molar-refractivity contribution in [2.45, 2.75) is 45.6 Å². The molecule has 1 saturated heterocycles. The van der Waals surface area contributed by atoms with E-state index in [9.17, 15) is 4.79 Å². The molecule has 0 aliphatic carbocycles. The molecule has 2 aromatic rings. The first-order chi connectivity index (χ1) is 11.0. The summed E-state index contributed by atoms with van der Waals surface area (Å²) in [6.45, 7) is 4.73. The van der Waals surface area contributed by atoms with Crippen LogP contribution in [0, 0.1) is 13.8 Å². The van der Waals surface area contributed by atoms with Crippen molar-refractivity contribution >= 4 is 5.91 Å². The number of hydrogen-bond donors (Lipinski definition) is 0. The van der Waals surface area contributed by atoms with Crippen molar-refractivity contribution in [3.8, 4) is 0 Å². The quantitative estimate of drug-likeness (QED) is 0.867. The Morgan fingerprint density at radius 3 is 2.87 bits per heavy atom. The number of amides is 1. The van der Waals surface area contributed by atoms with Crippen LogP contribution in [-0.4, -0.2) is 37.1 Å². The van der Waals surface area contributed by atoms with Crippen molar-refractivity contribution in [3.05, 3.63) is 41.2 Å². The number of likely N-dealkylation sites (tertiary alicyclic amines) is 1. The third kappa shape index (κ3) is 3.41. The molecule has 2 aromatic heterocycles. The highest BCUT2D eigenvalue weighted by Crippen LogP contribution is 2.31. The molecule has 0 aromatic carbocycles. The molecular formula is C17H23N5O. The van der Waals surface area contributed by atoms with Gasteiger partial charge in [0.2, 0.25) is 5.91 Å². The van der Waals surface area contributed by atoms with Gasteiger partial charge in [0.1, 0.15) is 0 Å². The van der Waals surface area contributed by atoms with Crippen LogP contribution in [0.2, 0.25) is 0 Å². The fourth-order valence-electron chi connectivity index (χ4n) is 3.30. The molecule has 3 heterocycles. The molecule has 1 fully saturated rings. The predicted octanol–water partition coefficient (Wildman–Crippen LogP) is 2.12. The lowest BCUT2D eigenvalue weighted by atomic mass is 10.1. The van der Waals surface area contributed by atoms with Crippen molar-refractivity contribution in [2.24, 2.45) is 7.05 Å². The molecule has 1 amide bonds. The van der Waals surface area contributed by atoms with Gasteiger partial charge in [-0.15, -0.1) is 0 Å². The molecule has 0 saturated carbocycles. The van der Waals surface area contributed by atoms with Crippen molar-refractivity contribution in [3.63, 3.8) is 0 Å². The van der Waals surface area contributed by atoms with Crippen molar-refractivity contribution in [1.82, 2.24) is 24.6 Å². The second kappa shape index (κ2) is 6.48. The highest BCUT2D eigenvalue weighted by atomic mass is 16.2. The van der Waals surface area contributed by atoms with Crippen LogP contribution in [0.5, 0.6) is 0 Å². The average Bonchev–Trinajstić information content (AvgIpc) is 3.11. The van der Waals surface area contributed by atoms with Gasteiger partial charge in [0.05, 0.1) is 29.3 Å². The Bertz CT molecular complexity index is 709. The number of carbonyl (C=O) groups excluding carboxylic acids is 1. The van der Waals surface area contributed by atoms with Crippen LogP contribution >= 0.6 is 0 Å². The lowest BCUT2D eigenvalue weighted by Crippen LogP contribution is -2.31. The molecule has 122 valence electrons. The van der Waals surface area contributed by atoms with Crippen LogP contribution in [0.3, 0.4) is 0 Å². The summed E-state index contributed by atoms with van der Waals surface area (Å²) in [4.78, 5) is 23.4. The summed E-state index contributed by atoms with van der Waals surface area (Å²) >= 11 is 0. The van der Waals surface area contributed by atoms with Gasteiger partial charge < -0.3 is 4.90 Å². The zero-order chi connectivity index (χ0) is 16.4. The smallest absolute Gasteiger partial charge is 0.223 e. The highest BCUT2D eigenvalue weighted by Gasteiger charge is 2.30. The van der Waals surface area contributed by atoms with E-state index in [1.54, 1.807) is 17.1 Å². The Kier molecular flexibility index (Phi) is 4.41. The van der Waals surface area contributed by atoms with E-state index in [0.29, 0.717) is 6.42 Å². The van der Waals surface area contributed by atoms with Crippen molar-refractivity contribution in [1.29, 1.82) is 0 Å². The molecule has 1 aliphatic rings. The Morgan fingerprint density at radius 1 is 1.35 bits per heavy atom. The monoisotopic (exact) mass is 313 g/mol. The molecule has 0 spiro atoms. The molecule has 6 heteroatoms. The van der Waals surface area contributed by atoms with E-state index in [1.807, 2.05) is 32.0 Å². The molecule has 1 unspecified atom stereocenters. The number of rotatable bonds is 4. The average molecular weight is 313 g/mol. The van der Waals surface area contributed by atoms with E-state index < -0.39 is 0 Å². The van der Waals surface area contributed by atoms with Crippen LogP contribution in [0.4, 0.5) is 0 Å². The van der Waals surface area contributed by atoms with E-state index in [1.165, 1.54) is 0 Å². The number of hydrogen-bond acceptors (Lipinski definition) is 4. The lowest BCUT2D eigenvalue weighted by molar-refractivity contribution is -0.132. The van der Waals surface area contributed by atoms with Gasteiger partial charge in [-0.2, -0.15) is 5.10 Å². The summed E-state index contributed by atoms with van der Waals surface area (Å²) in [6, 6.07) is 0.0740. The Balaban J connectivity index is 1.67. The van der Waals surface area contributed by atoms with Crippen molar-refractivity contribution in [2.75, 3.05) is 6.54 Å². The molecule has 6 nitrogen and oxygen atoms in total. The number of aryl methyl sites for hydroxylation is 4. The van der Waals surface area contributed by atoms with Gasteiger partial charge >= 0.3 is 0 Å². The van der Waals surface area contributed by atoms with Crippen LogP contribution in [0.1, 0.15) is 47.9 Å². The molecule has 23 heavy (non-hydrogen) atoms. The summed E-state index contributed by atoms with van der Waals surface area (Å²) < 4.78 is 1.80. The van der Waals surface area contributed by atoms with Gasteiger partial charge in [-0.05, 0) is 38.7 Å². The molecule has 1 atom stereocenters. The van der Waals surface area contributed by atoms with E-state index in [2.05, 4.69) is 15.1 Å².